The number of amides is 4. The first-order valence-corrected chi connectivity index (χ1v) is 14.6. The highest BCUT2D eigenvalue weighted by Crippen LogP contribution is 2.38. The Morgan fingerprint density at radius 3 is 2.43 bits per heavy atom. The summed E-state index contributed by atoms with van der Waals surface area (Å²) < 4.78 is 16.3. The van der Waals surface area contributed by atoms with Gasteiger partial charge in [-0.1, -0.05) is 11.2 Å². The fourth-order valence-electron chi connectivity index (χ4n) is 4.00. The third-order valence-electron chi connectivity index (χ3n) is 6.12. The SMILES string of the molecule is BC(B)(B)NC(=O)c1nnc(NC(=O)C2CC2)cc1Nc1cccc(-c2nc(CNC(=O)CNC(=O)OC(C)(C)C)no2)c1OC. The molecule has 240 valence electrons. The molecule has 2 heterocycles. The highest BCUT2D eigenvalue weighted by Gasteiger charge is 2.30. The Bertz CT molecular complexity index is 1620. The zero-order valence-corrected chi connectivity index (χ0v) is 26.9. The number of nitrogens with one attached hydrogen (secondary N) is 5. The van der Waals surface area contributed by atoms with Gasteiger partial charge in [-0.15, -0.1) is 10.2 Å². The molecule has 0 aliphatic heterocycles. The van der Waals surface area contributed by atoms with Crippen LogP contribution < -0.4 is 31.3 Å². The first-order chi connectivity index (χ1) is 21.6. The van der Waals surface area contributed by atoms with Gasteiger partial charge in [-0.2, -0.15) is 4.98 Å². The van der Waals surface area contributed by atoms with E-state index in [4.69, 9.17) is 14.0 Å². The van der Waals surface area contributed by atoms with Crippen molar-refractivity contribution in [2.24, 2.45) is 5.92 Å². The molecule has 16 nitrogen and oxygen atoms in total. The second-order valence-electron chi connectivity index (χ2n) is 12.6. The number of alkyl carbamates (subject to hydrolysis) is 1. The molecule has 19 heteroatoms. The third-order valence-corrected chi connectivity index (χ3v) is 6.12. The lowest BCUT2D eigenvalue weighted by Gasteiger charge is -2.21. The number of methoxy groups -OCH3 is 1. The number of aromatic nitrogens is 4. The second-order valence-corrected chi connectivity index (χ2v) is 12.6. The van der Waals surface area contributed by atoms with Gasteiger partial charge in [-0.25, -0.2) is 4.79 Å². The van der Waals surface area contributed by atoms with Gasteiger partial charge in [-0.3, -0.25) is 14.4 Å². The quantitative estimate of drug-likeness (QED) is 0.153. The van der Waals surface area contributed by atoms with E-state index in [0.29, 0.717) is 17.0 Å². The molecular formula is C27H36B3N9O7. The van der Waals surface area contributed by atoms with Crippen LogP contribution in [0.3, 0.4) is 0 Å². The smallest absolute Gasteiger partial charge is 0.408 e. The van der Waals surface area contributed by atoms with Gasteiger partial charge >= 0.3 is 6.09 Å². The summed E-state index contributed by atoms with van der Waals surface area (Å²) >= 11 is 0. The maximum atomic E-state index is 13.1. The van der Waals surface area contributed by atoms with E-state index in [9.17, 15) is 19.2 Å². The van der Waals surface area contributed by atoms with Crippen LogP contribution in [0.5, 0.6) is 5.75 Å². The lowest BCUT2D eigenvalue weighted by molar-refractivity contribution is -0.120. The number of nitrogens with zero attached hydrogens (tertiary/aromatic N) is 4. The average Bonchev–Trinajstić information content (AvgIpc) is 3.71. The molecule has 0 atom stereocenters. The molecule has 1 saturated carbocycles. The first kappa shape index (κ1) is 33.8. The summed E-state index contributed by atoms with van der Waals surface area (Å²) in [5, 5.41) is 25.3. The minimum absolute atomic E-state index is 0.00350. The van der Waals surface area contributed by atoms with Crippen LogP contribution in [0.15, 0.2) is 28.8 Å². The van der Waals surface area contributed by atoms with Gasteiger partial charge in [0.1, 0.15) is 35.7 Å². The highest BCUT2D eigenvalue weighted by molar-refractivity contribution is 6.60. The van der Waals surface area contributed by atoms with Crippen LogP contribution >= 0.6 is 0 Å². The normalized spacial score (nSPS) is 12.9. The molecule has 1 aromatic carbocycles. The predicted octanol–water partition coefficient (Wildman–Crippen LogP) is -0.991. The number of hydrogen-bond acceptors (Lipinski definition) is 12. The fourth-order valence-corrected chi connectivity index (χ4v) is 4.00. The first-order valence-electron chi connectivity index (χ1n) is 14.6. The van der Waals surface area contributed by atoms with Crippen molar-refractivity contribution in [1.82, 2.24) is 36.3 Å². The van der Waals surface area contributed by atoms with E-state index in [1.165, 1.54) is 13.2 Å². The van der Waals surface area contributed by atoms with Crippen LogP contribution in [0.25, 0.3) is 11.5 Å². The number of anilines is 3. The summed E-state index contributed by atoms with van der Waals surface area (Å²) in [5.74, 6) is -0.384. The third kappa shape index (κ3) is 9.71. The molecule has 0 saturated heterocycles. The van der Waals surface area contributed by atoms with Crippen LogP contribution in [0.4, 0.5) is 22.0 Å². The van der Waals surface area contributed by atoms with Gasteiger partial charge in [0.15, 0.2) is 23.1 Å². The maximum absolute atomic E-state index is 13.1. The minimum Gasteiger partial charge on any atom is -0.494 e. The summed E-state index contributed by atoms with van der Waals surface area (Å²) in [6.07, 6.45) is 0.916. The van der Waals surface area contributed by atoms with Crippen molar-refractivity contribution in [2.45, 2.75) is 51.0 Å². The number of benzene rings is 1. The van der Waals surface area contributed by atoms with E-state index in [1.807, 2.05) is 23.5 Å². The topological polar surface area (TPSA) is 212 Å². The van der Waals surface area contributed by atoms with Crippen molar-refractivity contribution < 1.29 is 33.2 Å². The molecule has 0 unspecified atom stereocenters. The lowest BCUT2D eigenvalue weighted by atomic mass is 9.49. The second kappa shape index (κ2) is 13.9. The number of hydrogen-bond donors (Lipinski definition) is 5. The largest absolute Gasteiger partial charge is 0.494 e. The summed E-state index contributed by atoms with van der Waals surface area (Å²) in [7, 11) is 6.98. The zero-order valence-electron chi connectivity index (χ0n) is 26.9. The predicted molar refractivity (Wildman–Crippen MR) is 175 cm³/mol. The molecule has 5 N–H and O–H groups in total. The summed E-state index contributed by atoms with van der Waals surface area (Å²) in [6.45, 7) is 4.79. The molecule has 2 aromatic heterocycles. The summed E-state index contributed by atoms with van der Waals surface area (Å²) in [5.41, 5.74) is 0.438. The van der Waals surface area contributed by atoms with Crippen molar-refractivity contribution in [3.05, 3.63) is 35.8 Å². The van der Waals surface area contributed by atoms with Gasteiger partial charge < -0.3 is 40.6 Å². The van der Waals surface area contributed by atoms with Gasteiger partial charge in [-0.05, 0) is 51.0 Å². The Balaban J connectivity index is 1.51. The van der Waals surface area contributed by atoms with E-state index in [1.54, 1.807) is 39.0 Å². The molecule has 3 aromatic rings. The van der Waals surface area contributed by atoms with E-state index in [2.05, 4.69) is 46.9 Å². The van der Waals surface area contributed by atoms with Crippen molar-refractivity contribution in [3.63, 3.8) is 0 Å². The molecule has 1 fully saturated rings. The molecule has 0 bridgehead atoms. The van der Waals surface area contributed by atoms with Crippen molar-refractivity contribution in [3.8, 4) is 17.2 Å². The Labute approximate surface area is 268 Å². The molecular weight excluding hydrogens is 595 g/mol. The number of carbonyl (C=O) groups is 4. The van der Waals surface area contributed by atoms with Crippen LogP contribution in [-0.2, 0) is 20.9 Å². The van der Waals surface area contributed by atoms with Gasteiger partial charge in [0.2, 0.25) is 11.8 Å². The Hall–Kier alpha value is -5.09. The number of para-hydroxylation sites is 1. The zero-order chi connectivity index (χ0) is 33.6. The van der Waals surface area contributed by atoms with E-state index < -0.39 is 28.7 Å². The van der Waals surface area contributed by atoms with Gasteiger partial charge in [0, 0.05) is 12.0 Å². The van der Waals surface area contributed by atoms with Crippen LogP contribution in [-0.4, -0.2) is 92.2 Å². The maximum Gasteiger partial charge on any atom is 0.408 e. The van der Waals surface area contributed by atoms with E-state index >= 15 is 0 Å². The fraction of sp³-hybridized carbons (Fsp3) is 0.407. The molecule has 0 radical (unpaired) electrons. The summed E-state index contributed by atoms with van der Waals surface area (Å²) in [6, 6.07) is 6.66. The van der Waals surface area contributed by atoms with Crippen LogP contribution in [0, 0.1) is 5.92 Å². The molecule has 1 aliphatic carbocycles. The number of ether oxygens (including phenoxy) is 2. The van der Waals surface area contributed by atoms with Crippen molar-refractivity contribution >= 4 is 64.5 Å². The van der Waals surface area contributed by atoms with Crippen LogP contribution in [0.2, 0.25) is 0 Å². The van der Waals surface area contributed by atoms with Gasteiger partial charge in [0.25, 0.3) is 11.8 Å². The van der Waals surface area contributed by atoms with E-state index in [0.717, 1.165) is 12.8 Å². The average molecular weight is 631 g/mol. The standard InChI is InChI=1S/C27H36B3N9O7/c1-26(2,3)45-25(43)32-12-19(40)31-11-18-35-24(46-39-18)14-6-5-7-15(21(14)44-4)33-16-10-17(34-22(41)13-8-9-13)37-38-20(16)23(42)36-27(28,29)30/h5-7,10,13H,8-9,11-12,28-30H2,1-4H3,(H,31,40)(H,32,43)(H,36,42)(H2,33,34,37,41). The van der Waals surface area contributed by atoms with Crippen molar-refractivity contribution in [2.75, 3.05) is 24.3 Å². The Morgan fingerprint density at radius 2 is 1.78 bits per heavy atom. The molecule has 0 spiro atoms. The van der Waals surface area contributed by atoms with Crippen molar-refractivity contribution in [1.29, 1.82) is 0 Å². The van der Waals surface area contributed by atoms with Gasteiger partial charge in [0.05, 0.1) is 30.6 Å². The Kier molecular flexibility index (Phi) is 10.2. The summed E-state index contributed by atoms with van der Waals surface area (Å²) in [4.78, 5) is 53.9. The van der Waals surface area contributed by atoms with E-state index in [-0.39, 0.29) is 53.8 Å². The van der Waals surface area contributed by atoms with Crippen LogP contribution in [0.1, 0.15) is 49.9 Å². The number of rotatable bonds is 12. The highest BCUT2D eigenvalue weighted by atomic mass is 16.6. The molecule has 46 heavy (non-hydrogen) atoms. The Morgan fingerprint density at radius 1 is 1.04 bits per heavy atom. The molecule has 4 rings (SSSR count). The number of carbonyl (C=O) groups excluding carboxylic acids is 4. The molecule has 1 aliphatic rings. The monoisotopic (exact) mass is 631 g/mol. The lowest BCUT2D eigenvalue weighted by Crippen LogP contribution is -2.50. The minimum atomic E-state index is -0.714. The molecule has 4 amide bonds.